The third-order valence-electron chi connectivity index (χ3n) is 3.15. The van der Waals surface area contributed by atoms with Crippen LogP contribution in [0.1, 0.15) is 6.42 Å². The summed E-state index contributed by atoms with van der Waals surface area (Å²) >= 11 is 9.14. The van der Waals surface area contributed by atoms with Crippen LogP contribution in [0.4, 0.5) is 11.4 Å². The zero-order valence-corrected chi connectivity index (χ0v) is 14.2. The molecular weight excluding hydrogens is 402 g/mol. The second-order valence-corrected chi connectivity index (χ2v) is 7.90. The first-order valence-electron chi connectivity index (χ1n) is 6.02. The van der Waals surface area contributed by atoms with Crippen LogP contribution in [0, 0.1) is 16.0 Å². The van der Waals surface area contributed by atoms with Crippen LogP contribution in [0.15, 0.2) is 16.6 Å². The molecule has 0 spiro atoms. The molecule has 1 atom stereocenters. The molecule has 0 radical (unpaired) electrons. The molecular formula is C11H11BrClN3O5S. The molecule has 1 aromatic rings. The Labute approximate surface area is 139 Å². The third kappa shape index (κ3) is 3.75. The molecule has 1 amide bonds. The minimum Gasteiger partial charge on any atom is -0.305 e. The van der Waals surface area contributed by atoms with E-state index in [-0.39, 0.29) is 35.1 Å². The molecule has 11 heteroatoms. The zero-order valence-electron chi connectivity index (χ0n) is 11.0. The van der Waals surface area contributed by atoms with Crippen molar-refractivity contribution in [1.82, 2.24) is 0 Å². The monoisotopic (exact) mass is 411 g/mol. The lowest BCUT2D eigenvalue weighted by atomic mass is 10.1. The average molecular weight is 413 g/mol. The molecule has 0 aromatic heterocycles. The minimum atomic E-state index is -3.73. The lowest BCUT2D eigenvalue weighted by molar-refractivity contribution is -0.384. The second-order valence-electron chi connectivity index (χ2n) is 4.92. The number of hydrogen-bond donors (Lipinski definition) is 1. The van der Waals surface area contributed by atoms with Crippen LogP contribution in [-0.2, 0) is 14.8 Å². The van der Waals surface area contributed by atoms with E-state index in [1.807, 2.05) is 0 Å². The van der Waals surface area contributed by atoms with Crippen molar-refractivity contribution < 1.29 is 18.1 Å². The lowest BCUT2D eigenvalue weighted by Gasteiger charge is -2.18. The molecule has 1 aromatic carbocycles. The number of halogens is 2. The van der Waals surface area contributed by atoms with Crippen molar-refractivity contribution in [3.63, 3.8) is 0 Å². The van der Waals surface area contributed by atoms with Gasteiger partial charge in [-0.3, -0.25) is 14.9 Å². The van der Waals surface area contributed by atoms with Gasteiger partial charge < -0.3 is 4.90 Å². The number of benzene rings is 1. The number of nitrogens with two attached hydrogens (primary N) is 1. The molecule has 120 valence electrons. The summed E-state index contributed by atoms with van der Waals surface area (Å²) in [5, 5.41) is 16.2. The first kappa shape index (κ1) is 17.1. The summed E-state index contributed by atoms with van der Waals surface area (Å²) < 4.78 is 22.7. The summed E-state index contributed by atoms with van der Waals surface area (Å²) in [4.78, 5) is 23.7. The maximum Gasteiger partial charge on any atom is 0.295 e. The number of sulfonamides is 1. The van der Waals surface area contributed by atoms with Crippen molar-refractivity contribution in [2.75, 3.05) is 17.2 Å². The molecule has 1 aliphatic heterocycles. The van der Waals surface area contributed by atoms with Crippen LogP contribution in [0.25, 0.3) is 0 Å². The van der Waals surface area contributed by atoms with Crippen LogP contribution >= 0.6 is 27.5 Å². The smallest absolute Gasteiger partial charge is 0.295 e. The van der Waals surface area contributed by atoms with Crippen molar-refractivity contribution in [2.24, 2.45) is 11.1 Å². The quantitative estimate of drug-likeness (QED) is 0.595. The van der Waals surface area contributed by atoms with Gasteiger partial charge in [0, 0.05) is 29.4 Å². The molecule has 1 fully saturated rings. The van der Waals surface area contributed by atoms with Gasteiger partial charge in [-0.25, -0.2) is 13.6 Å². The van der Waals surface area contributed by atoms with Crippen molar-refractivity contribution >= 4 is 54.8 Å². The van der Waals surface area contributed by atoms with Gasteiger partial charge >= 0.3 is 0 Å². The molecule has 0 bridgehead atoms. The van der Waals surface area contributed by atoms with E-state index in [0.29, 0.717) is 4.47 Å². The summed E-state index contributed by atoms with van der Waals surface area (Å²) in [5.74, 6) is -1.32. The molecule has 2 rings (SSSR count). The van der Waals surface area contributed by atoms with Gasteiger partial charge in [0.1, 0.15) is 5.69 Å². The van der Waals surface area contributed by atoms with Crippen molar-refractivity contribution in [2.45, 2.75) is 6.42 Å². The molecule has 1 unspecified atom stereocenters. The lowest BCUT2D eigenvalue weighted by Crippen LogP contribution is -2.28. The summed E-state index contributed by atoms with van der Waals surface area (Å²) in [6.07, 6.45) is -0.0556. The van der Waals surface area contributed by atoms with E-state index in [0.717, 1.165) is 4.90 Å². The Kier molecular flexibility index (Phi) is 4.76. The van der Waals surface area contributed by atoms with Gasteiger partial charge in [0.05, 0.1) is 15.7 Å². The Balaban J connectivity index is 2.40. The predicted molar refractivity (Wildman–Crippen MR) is 84.2 cm³/mol. The van der Waals surface area contributed by atoms with Crippen LogP contribution in [0.5, 0.6) is 0 Å². The second kappa shape index (κ2) is 6.11. The first-order valence-corrected chi connectivity index (χ1v) is 8.91. The molecule has 22 heavy (non-hydrogen) atoms. The van der Waals surface area contributed by atoms with E-state index in [9.17, 15) is 23.3 Å². The van der Waals surface area contributed by atoms with Gasteiger partial charge in [-0.05, 0) is 6.07 Å². The minimum absolute atomic E-state index is 0.0114. The van der Waals surface area contributed by atoms with Gasteiger partial charge in [-0.1, -0.05) is 27.5 Å². The number of nitro groups is 1. The normalized spacial score (nSPS) is 18.8. The van der Waals surface area contributed by atoms with Gasteiger partial charge in [-0.2, -0.15) is 0 Å². The van der Waals surface area contributed by atoms with Crippen LogP contribution in [0.3, 0.4) is 0 Å². The summed E-state index contributed by atoms with van der Waals surface area (Å²) in [6, 6.07) is 2.67. The van der Waals surface area contributed by atoms with Crippen molar-refractivity contribution in [3.05, 3.63) is 31.7 Å². The van der Waals surface area contributed by atoms with Crippen molar-refractivity contribution in [1.29, 1.82) is 0 Å². The van der Waals surface area contributed by atoms with Crippen molar-refractivity contribution in [3.8, 4) is 0 Å². The highest BCUT2D eigenvalue weighted by molar-refractivity contribution is 9.10. The van der Waals surface area contributed by atoms with Crippen LogP contribution in [-0.4, -0.2) is 31.5 Å². The maximum atomic E-state index is 12.1. The number of nitrogens with zero attached hydrogens (tertiary/aromatic N) is 2. The van der Waals surface area contributed by atoms with E-state index >= 15 is 0 Å². The van der Waals surface area contributed by atoms with E-state index in [4.69, 9.17) is 16.7 Å². The molecule has 8 nitrogen and oxygen atoms in total. The average Bonchev–Trinajstić information content (AvgIpc) is 2.66. The van der Waals surface area contributed by atoms with Crippen LogP contribution < -0.4 is 10.0 Å². The Bertz CT molecular complexity index is 754. The van der Waals surface area contributed by atoms with Gasteiger partial charge in [0.15, 0.2) is 0 Å². The largest absolute Gasteiger partial charge is 0.305 e. The van der Waals surface area contributed by atoms with E-state index in [1.54, 1.807) is 0 Å². The van der Waals surface area contributed by atoms with E-state index in [1.165, 1.54) is 12.1 Å². The molecule has 1 saturated heterocycles. The number of amides is 1. The molecule has 1 heterocycles. The van der Waals surface area contributed by atoms with Gasteiger partial charge in [0.25, 0.3) is 5.69 Å². The van der Waals surface area contributed by atoms with E-state index < -0.39 is 26.8 Å². The highest BCUT2D eigenvalue weighted by Crippen LogP contribution is 2.41. The maximum absolute atomic E-state index is 12.1. The number of nitro benzene ring substituents is 1. The standard InChI is InChI=1S/C11H11BrClN3O5S/c12-7-2-8(13)11(9(3-7)16(18)19)15-4-6(1-10(15)17)5-22(14,20)21/h2-3,6H,1,4-5H2,(H2,14,20,21). The number of carbonyl (C=O) groups is 1. The Morgan fingerprint density at radius 3 is 2.68 bits per heavy atom. The Morgan fingerprint density at radius 1 is 1.50 bits per heavy atom. The van der Waals surface area contributed by atoms with Crippen LogP contribution in [0.2, 0.25) is 5.02 Å². The van der Waals surface area contributed by atoms with E-state index in [2.05, 4.69) is 15.9 Å². The predicted octanol–water partition coefficient (Wildman–Crippen LogP) is 1.65. The first-order chi connectivity index (χ1) is 10.1. The number of rotatable bonds is 4. The number of carbonyl (C=O) groups excluding carboxylic acids is 1. The number of hydrogen-bond acceptors (Lipinski definition) is 5. The molecule has 2 N–H and O–H groups in total. The molecule has 1 aliphatic rings. The fraction of sp³-hybridized carbons (Fsp3) is 0.364. The topological polar surface area (TPSA) is 124 Å². The summed E-state index contributed by atoms with van der Waals surface area (Å²) in [5.41, 5.74) is -0.360. The number of primary sulfonamides is 1. The highest BCUT2D eigenvalue weighted by Gasteiger charge is 2.37. The summed E-state index contributed by atoms with van der Waals surface area (Å²) in [6.45, 7) is 0.0114. The third-order valence-corrected chi connectivity index (χ3v) is 4.83. The molecule has 0 aliphatic carbocycles. The Morgan fingerprint density at radius 2 is 2.14 bits per heavy atom. The Hall–Kier alpha value is -1.23. The highest BCUT2D eigenvalue weighted by atomic mass is 79.9. The fourth-order valence-corrected chi connectivity index (χ4v) is 4.17. The molecule has 0 saturated carbocycles. The van der Waals surface area contributed by atoms with Gasteiger partial charge in [0.2, 0.25) is 15.9 Å². The number of anilines is 1. The SMILES string of the molecule is NS(=O)(=O)CC1CC(=O)N(c2c(Cl)cc(Br)cc2[N+](=O)[O-])C1. The summed E-state index contributed by atoms with van der Waals surface area (Å²) in [7, 11) is -3.73. The fourth-order valence-electron chi connectivity index (χ4n) is 2.40. The van der Waals surface area contributed by atoms with Gasteiger partial charge in [-0.15, -0.1) is 0 Å². The zero-order chi connectivity index (χ0) is 16.7.